The first kappa shape index (κ1) is 131. The zero-order chi connectivity index (χ0) is 101. The Kier molecular flexibility index (Phi) is 83.5. The predicted octanol–water partition coefficient (Wildman–Crippen LogP) is 17.1. The number of esters is 8. The molecule has 6 unspecified atom stereocenters. The third kappa shape index (κ3) is 92.8. The first-order chi connectivity index (χ1) is 62.1. The van der Waals surface area contributed by atoms with Crippen molar-refractivity contribution in [1.82, 2.24) is 16.0 Å². The zero-order valence-corrected chi connectivity index (χ0v) is 84.8. The maximum Gasteiger partial charge on any atom is 0.408 e. The van der Waals surface area contributed by atoms with Crippen molar-refractivity contribution in [2.75, 3.05) is 72.4 Å². The molecule has 2 aromatic carbocycles. The van der Waals surface area contributed by atoms with Gasteiger partial charge in [0.05, 0.1) is 65.1 Å². The summed E-state index contributed by atoms with van der Waals surface area (Å²) in [5, 5.41) is 17.1. The zero-order valence-electron chi connectivity index (χ0n) is 84.8. The van der Waals surface area contributed by atoms with Crippen LogP contribution in [-0.2, 0) is 108 Å². The summed E-state index contributed by atoms with van der Waals surface area (Å²) >= 11 is 0. The summed E-state index contributed by atoms with van der Waals surface area (Å²) in [6.07, 6.45) is 24.7. The molecule has 0 fully saturated rings. The predicted molar refractivity (Wildman–Crippen MR) is 515 cm³/mol. The monoisotopic (exact) mass is 1880 g/mol. The number of alkyl carbamates (subject to hydrolysis) is 3. The highest BCUT2D eigenvalue weighted by Gasteiger charge is 2.30. The van der Waals surface area contributed by atoms with E-state index < -0.39 is 99.9 Å². The van der Waals surface area contributed by atoms with Gasteiger partial charge in [-0.2, -0.15) is 0 Å². The molecule has 0 aliphatic heterocycles. The Morgan fingerprint density at radius 3 is 1.11 bits per heavy atom. The third-order valence-electron chi connectivity index (χ3n) is 17.8. The number of amides is 3. The number of nitrogens with two attached hydrogens (primary N) is 5. The highest BCUT2D eigenvalue weighted by Crippen LogP contribution is 2.22. The SMILES string of the molecule is CCC(CCCCOC(=O)C(N)Cc1ccccc1)O[N+](=O)[O-].CCCCCOC(=O)C(CC(=O)OC(C)(C)C)CC(C)C.CCCCCOC(=O)C(Cc1ccccc1)NC(=O)OC(C)(C)C.CCCCCOC(=O)C(N)CCCCN.CCCCCOC(=O)C(N)CCCCNC(=O)OC(C)(C)C.CCCCCOC(=O)CN.CCCCCOC(=O)CNC(=O)OC(C)(C)C. The number of nitrogens with zero attached hydrogens (tertiary/aromatic N) is 1. The Morgan fingerprint density at radius 2 is 0.735 bits per heavy atom. The molecule has 0 aliphatic carbocycles. The van der Waals surface area contributed by atoms with Crippen LogP contribution >= 0.6 is 0 Å². The molecule has 34 heteroatoms. The van der Waals surface area contributed by atoms with E-state index in [4.69, 9.17) is 80.8 Å². The number of hydrogen-bond acceptors (Lipinski definition) is 30. The van der Waals surface area contributed by atoms with Crippen LogP contribution in [0.2, 0.25) is 0 Å². The summed E-state index contributed by atoms with van der Waals surface area (Å²) in [5.74, 6) is -2.89. The number of rotatable bonds is 58. The van der Waals surface area contributed by atoms with E-state index in [0.29, 0.717) is 116 Å². The number of nitrogens with one attached hydrogen (secondary N) is 3. The average Bonchev–Trinajstić information content (AvgIpc) is 0.886. The largest absolute Gasteiger partial charge is 0.465 e. The molecule has 2 aromatic rings. The summed E-state index contributed by atoms with van der Waals surface area (Å²) in [6.45, 7) is 44.0. The summed E-state index contributed by atoms with van der Waals surface area (Å²) in [4.78, 5) is 142. The Morgan fingerprint density at radius 1 is 0.386 bits per heavy atom. The second-order valence-electron chi connectivity index (χ2n) is 36.2. The number of benzene rings is 2. The molecule has 2 rings (SSSR count). The van der Waals surface area contributed by atoms with Crippen molar-refractivity contribution < 1.29 is 115 Å². The second-order valence-corrected chi connectivity index (χ2v) is 36.2. The van der Waals surface area contributed by atoms with Gasteiger partial charge in [0.25, 0.3) is 5.09 Å². The van der Waals surface area contributed by atoms with Crippen molar-refractivity contribution in [2.24, 2.45) is 40.5 Å². The van der Waals surface area contributed by atoms with Gasteiger partial charge < -0.3 is 102 Å². The Bertz CT molecular complexity index is 3280. The number of carbonyl (C=O) groups excluding carboxylic acids is 11. The van der Waals surface area contributed by atoms with Gasteiger partial charge in [0.15, 0.2) is 0 Å². The van der Waals surface area contributed by atoms with Crippen molar-refractivity contribution in [1.29, 1.82) is 0 Å². The number of ether oxygens (including phenoxy) is 11. The van der Waals surface area contributed by atoms with Crippen LogP contribution in [0.5, 0.6) is 0 Å². The molecule has 34 nitrogen and oxygen atoms in total. The molecule has 766 valence electrons. The van der Waals surface area contributed by atoms with Gasteiger partial charge in [0.2, 0.25) is 0 Å². The van der Waals surface area contributed by atoms with Crippen LogP contribution in [0, 0.1) is 22.0 Å². The van der Waals surface area contributed by atoms with Gasteiger partial charge in [-0.15, -0.1) is 10.1 Å². The first-order valence-corrected chi connectivity index (χ1v) is 48.0. The van der Waals surface area contributed by atoms with Crippen LogP contribution in [0.3, 0.4) is 0 Å². The topological polar surface area (TPSA) is 508 Å². The van der Waals surface area contributed by atoms with Gasteiger partial charge in [-0.3, -0.25) is 33.6 Å². The van der Waals surface area contributed by atoms with Gasteiger partial charge in [-0.1, -0.05) is 206 Å². The van der Waals surface area contributed by atoms with Crippen LogP contribution in [0.25, 0.3) is 0 Å². The molecule has 0 saturated heterocycles. The minimum absolute atomic E-state index is 0.00781. The molecule has 13 N–H and O–H groups in total. The van der Waals surface area contributed by atoms with Gasteiger partial charge in [0.1, 0.15) is 59.2 Å². The van der Waals surface area contributed by atoms with Crippen molar-refractivity contribution >= 4 is 66.0 Å². The molecule has 0 saturated carbocycles. The minimum Gasteiger partial charge on any atom is -0.465 e. The smallest absolute Gasteiger partial charge is 0.408 e. The lowest BCUT2D eigenvalue weighted by molar-refractivity contribution is -0.768. The van der Waals surface area contributed by atoms with Crippen molar-refractivity contribution in [3.05, 3.63) is 81.9 Å². The fourth-order valence-electron chi connectivity index (χ4n) is 11.0. The van der Waals surface area contributed by atoms with Crippen LogP contribution < -0.4 is 44.6 Å². The molecule has 3 amide bonds. The highest BCUT2D eigenvalue weighted by molar-refractivity contribution is 5.82. The molecule has 132 heavy (non-hydrogen) atoms. The maximum absolute atomic E-state index is 12.3. The molecule has 0 bridgehead atoms. The minimum atomic E-state index is -0.767. The standard InChI is InChI=1S/C19H29NO4.C17H32O4.C16H24N2O5.C16H32N2O4.C12H23NO4.C11H24N2O2.C7H15NO2/c1-5-6-10-13-23-17(21)16(14-15-11-8-7-9-12-15)20-18(22)24-19(2,3)4;1-7-8-9-10-20-16(19)14(11-13(2)3)12-15(18)21-17(4,5)6;1-2-14(23-18(20)21)10-6-7-11-22-16(19)15(17)12-13-8-4-3-5-9-13;1-5-6-9-12-21-14(19)13(17)10-7-8-11-18-15(20)22-16(2,3)4;1-5-6-7-8-16-10(14)9-13-11(15)17-12(2,3)4;1-2-3-6-9-15-11(14)10(13)7-4-5-8-12;1-2-3-4-5-10-7(9)6-8/h7-9,11-12,16H,5-6,10,13-14H2,1-4H3,(H,20,22);13-14H,7-12H2,1-6H3;3-5,8-9,14-15H,2,6-7,10-12,17H2,1H3;13H,5-12,17H2,1-4H3,(H,18,20);5-9H2,1-4H3,(H,13,15);10H,2-9,12-13H2,1H3;2-6,8H2,1H3. The fraction of sp³-hybridized carbons (Fsp3) is 0.765. The molecule has 6 atom stereocenters. The molecular weight excluding hydrogens is 1700 g/mol. The molecule has 0 heterocycles. The Hall–Kier alpha value is -8.99. The van der Waals surface area contributed by atoms with E-state index in [9.17, 15) is 62.9 Å². The van der Waals surface area contributed by atoms with E-state index in [2.05, 4.69) is 62.3 Å². The number of hydrogen-bond donors (Lipinski definition) is 8. The summed E-state index contributed by atoms with van der Waals surface area (Å²) < 4.78 is 56.1. The van der Waals surface area contributed by atoms with Crippen molar-refractivity contribution in [3.63, 3.8) is 0 Å². The van der Waals surface area contributed by atoms with Gasteiger partial charge in [-0.05, 0) is 216 Å². The Balaban J connectivity index is -0.000000481. The fourth-order valence-corrected chi connectivity index (χ4v) is 11.0. The van der Waals surface area contributed by atoms with Gasteiger partial charge in [-0.25, -0.2) is 19.2 Å². The van der Waals surface area contributed by atoms with E-state index in [1.54, 1.807) is 41.5 Å². The normalized spacial score (nSPS) is 12.2. The van der Waals surface area contributed by atoms with E-state index >= 15 is 0 Å². The van der Waals surface area contributed by atoms with Gasteiger partial charge in [0, 0.05) is 13.0 Å². The van der Waals surface area contributed by atoms with Crippen molar-refractivity contribution in [3.8, 4) is 0 Å². The number of carbonyl (C=O) groups is 11. The number of unbranched alkanes of at least 4 members (excludes halogenated alkanes) is 15. The van der Waals surface area contributed by atoms with E-state index in [-0.39, 0.29) is 56.0 Å². The van der Waals surface area contributed by atoms with Crippen LogP contribution in [-0.4, -0.2) is 196 Å². The van der Waals surface area contributed by atoms with Crippen LogP contribution in [0.15, 0.2) is 60.7 Å². The molecular formula is C98H179N9O25. The lowest BCUT2D eigenvalue weighted by Gasteiger charge is -2.23. The maximum atomic E-state index is 12.3. The summed E-state index contributed by atoms with van der Waals surface area (Å²) in [6, 6.07) is 16.5. The lowest BCUT2D eigenvalue weighted by Crippen LogP contribution is -2.45. The molecule has 0 aliphatic rings. The second kappa shape index (κ2) is 83.8. The summed E-state index contributed by atoms with van der Waals surface area (Å²) in [7, 11) is 0. The summed E-state index contributed by atoms with van der Waals surface area (Å²) in [5.41, 5.74) is 27.3. The molecule has 0 radical (unpaired) electrons. The molecule has 0 aromatic heterocycles. The van der Waals surface area contributed by atoms with Crippen molar-refractivity contribution in [2.45, 2.75) is 404 Å². The van der Waals surface area contributed by atoms with E-state index in [0.717, 1.165) is 152 Å². The van der Waals surface area contributed by atoms with Gasteiger partial charge >= 0.3 is 66.0 Å². The van der Waals surface area contributed by atoms with E-state index in [1.165, 1.54) is 0 Å². The average molecular weight is 1880 g/mol. The van der Waals surface area contributed by atoms with E-state index in [1.807, 2.05) is 123 Å². The highest BCUT2D eigenvalue weighted by atomic mass is 17.0. The Labute approximate surface area is 791 Å². The third-order valence-corrected chi connectivity index (χ3v) is 17.8. The first-order valence-electron chi connectivity index (χ1n) is 48.0. The quantitative estimate of drug-likeness (QED) is 0.0100. The van der Waals surface area contributed by atoms with Crippen LogP contribution in [0.4, 0.5) is 14.4 Å². The lowest BCUT2D eigenvalue weighted by atomic mass is 9.94. The van der Waals surface area contributed by atoms with Crippen LogP contribution in [0.1, 0.15) is 349 Å². The molecule has 0 spiro atoms.